The van der Waals surface area contributed by atoms with Gasteiger partial charge in [0.1, 0.15) is 5.82 Å². The van der Waals surface area contributed by atoms with E-state index in [1.54, 1.807) is 43.7 Å². The van der Waals surface area contributed by atoms with Gasteiger partial charge < -0.3 is 15.4 Å². The first kappa shape index (κ1) is 21.0. The predicted molar refractivity (Wildman–Crippen MR) is 115 cm³/mol. The third-order valence-electron chi connectivity index (χ3n) is 5.92. The highest BCUT2D eigenvalue weighted by atomic mass is 16.5. The molecule has 1 amide bonds. The number of benzene rings is 1. The summed E-state index contributed by atoms with van der Waals surface area (Å²) in [5.74, 6) is -0.0307. The summed E-state index contributed by atoms with van der Waals surface area (Å²) in [6.45, 7) is 1.61. The van der Waals surface area contributed by atoms with E-state index in [2.05, 4.69) is 20.6 Å². The van der Waals surface area contributed by atoms with Crippen molar-refractivity contribution in [1.29, 1.82) is 0 Å². The van der Waals surface area contributed by atoms with Gasteiger partial charge in [-0.2, -0.15) is 0 Å². The van der Waals surface area contributed by atoms with E-state index in [0.29, 0.717) is 31.2 Å². The standard InChI is InChI=1S/C23H26N4O4/c1-14(22(29)17-4-8-19-16(12-17)5-9-21(28)27-19)31-23(30)15-2-6-18(7-3-15)26-20-13-24-10-11-25-20/h4,8,10-15,18H,2-3,5-7,9H2,1H3,(H,25,26)(H,27,28). The van der Waals surface area contributed by atoms with Crippen molar-refractivity contribution in [3.8, 4) is 0 Å². The van der Waals surface area contributed by atoms with Crippen LogP contribution in [0.1, 0.15) is 54.9 Å². The lowest BCUT2D eigenvalue weighted by Gasteiger charge is -2.28. The molecule has 0 spiro atoms. The monoisotopic (exact) mass is 422 g/mol. The number of anilines is 2. The van der Waals surface area contributed by atoms with Gasteiger partial charge in [0.15, 0.2) is 6.10 Å². The molecule has 1 aromatic carbocycles. The molecule has 31 heavy (non-hydrogen) atoms. The molecule has 162 valence electrons. The molecule has 2 heterocycles. The van der Waals surface area contributed by atoms with Crippen molar-refractivity contribution < 1.29 is 19.1 Å². The lowest BCUT2D eigenvalue weighted by molar-refractivity contribution is -0.152. The maximum atomic E-state index is 12.8. The summed E-state index contributed by atoms with van der Waals surface area (Å²) >= 11 is 0. The highest BCUT2D eigenvalue weighted by Gasteiger charge is 2.30. The number of esters is 1. The molecule has 1 atom stereocenters. The minimum Gasteiger partial charge on any atom is -0.454 e. The molecular formula is C23H26N4O4. The lowest BCUT2D eigenvalue weighted by Crippen LogP contribution is -2.33. The SMILES string of the molecule is CC(OC(=O)C1CCC(Nc2cnccn2)CC1)C(=O)c1ccc2c(c1)CCC(=O)N2. The number of amides is 1. The third kappa shape index (κ3) is 5.07. The van der Waals surface area contributed by atoms with E-state index in [9.17, 15) is 14.4 Å². The van der Waals surface area contributed by atoms with Crippen molar-refractivity contribution in [3.63, 3.8) is 0 Å². The first-order valence-electron chi connectivity index (χ1n) is 10.7. The van der Waals surface area contributed by atoms with Crippen LogP contribution in [-0.4, -0.2) is 39.8 Å². The Balaban J connectivity index is 1.28. The number of nitrogens with zero attached hydrogens (tertiary/aromatic N) is 2. The Labute approximate surface area is 180 Å². The highest BCUT2D eigenvalue weighted by molar-refractivity contribution is 6.02. The van der Waals surface area contributed by atoms with Gasteiger partial charge in [-0.05, 0) is 62.8 Å². The van der Waals surface area contributed by atoms with Crippen LogP contribution in [0, 0.1) is 5.92 Å². The van der Waals surface area contributed by atoms with Gasteiger partial charge in [0.05, 0.1) is 12.1 Å². The molecular weight excluding hydrogens is 396 g/mol. The summed E-state index contributed by atoms with van der Waals surface area (Å²) in [4.78, 5) is 45.2. The van der Waals surface area contributed by atoms with Crippen LogP contribution < -0.4 is 10.6 Å². The number of nitrogens with one attached hydrogen (secondary N) is 2. The van der Waals surface area contributed by atoms with Crippen LogP contribution in [0.15, 0.2) is 36.8 Å². The third-order valence-corrected chi connectivity index (χ3v) is 5.92. The average Bonchev–Trinajstić information content (AvgIpc) is 2.79. The fourth-order valence-corrected chi connectivity index (χ4v) is 4.15. The second kappa shape index (κ2) is 9.24. The second-order valence-corrected chi connectivity index (χ2v) is 8.15. The summed E-state index contributed by atoms with van der Waals surface area (Å²) < 4.78 is 5.52. The molecule has 2 aromatic rings. The molecule has 0 saturated heterocycles. The number of carbonyl (C=O) groups is 3. The van der Waals surface area contributed by atoms with E-state index < -0.39 is 6.10 Å². The summed E-state index contributed by atoms with van der Waals surface area (Å²) in [5.41, 5.74) is 2.16. The maximum absolute atomic E-state index is 12.8. The Morgan fingerprint density at radius 3 is 2.71 bits per heavy atom. The molecule has 1 saturated carbocycles. The summed E-state index contributed by atoms with van der Waals surface area (Å²) in [7, 11) is 0. The number of rotatable bonds is 6. The minimum absolute atomic E-state index is 0.0181. The predicted octanol–water partition coefficient (Wildman–Crippen LogP) is 3.15. The highest BCUT2D eigenvalue weighted by Crippen LogP contribution is 2.28. The van der Waals surface area contributed by atoms with Crippen molar-refractivity contribution in [2.45, 2.75) is 57.6 Å². The molecule has 8 heteroatoms. The Hall–Kier alpha value is -3.29. The molecule has 8 nitrogen and oxygen atoms in total. The molecule has 4 rings (SSSR count). The van der Waals surface area contributed by atoms with Crippen molar-refractivity contribution in [2.24, 2.45) is 5.92 Å². The Morgan fingerprint density at radius 1 is 1.16 bits per heavy atom. The van der Waals surface area contributed by atoms with Crippen molar-refractivity contribution in [3.05, 3.63) is 47.9 Å². The summed E-state index contributed by atoms with van der Waals surface area (Å²) in [6, 6.07) is 5.43. The number of carbonyl (C=O) groups excluding carboxylic acids is 3. The summed E-state index contributed by atoms with van der Waals surface area (Å²) in [5, 5.41) is 6.14. The molecule has 1 aromatic heterocycles. The molecule has 1 unspecified atom stereocenters. The van der Waals surface area contributed by atoms with E-state index in [-0.39, 0.29) is 29.6 Å². The molecule has 0 bridgehead atoms. The Bertz CT molecular complexity index is 971. The van der Waals surface area contributed by atoms with Gasteiger partial charge in [-0.25, -0.2) is 4.98 Å². The van der Waals surface area contributed by atoms with Crippen LogP contribution >= 0.6 is 0 Å². The van der Waals surface area contributed by atoms with Crippen LogP contribution in [0.5, 0.6) is 0 Å². The van der Waals surface area contributed by atoms with Crippen LogP contribution in [0.25, 0.3) is 0 Å². The number of ether oxygens (including phenoxy) is 1. The van der Waals surface area contributed by atoms with Crippen molar-refractivity contribution in [1.82, 2.24) is 9.97 Å². The molecule has 2 aliphatic rings. The number of ketones is 1. The van der Waals surface area contributed by atoms with Gasteiger partial charge in [-0.15, -0.1) is 0 Å². The molecule has 2 N–H and O–H groups in total. The van der Waals surface area contributed by atoms with Gasteiger partial charge >= 0.3 is 5.97 Å². The lowest BCUT2D eigenvalue weighted by atomic mass is 9.86. The zero-order chi connectivity index (χ0) is 21.8. The molecule has 1 aliphatic heterocycles. The van der Waals surface area contributed by atoms with Crippen molar-refractivity contribution >= 4 is 29.2 Å². The Kier molecular flexibility index (Phi) is 6.25. The van der Waals surface area contributed by atoms with Crippen LogP contribution in [0.3, 0.4) is 0 Å². The number of hydrogen-bond donors (Lipinski definition) is 2. The first-order valence-corrected chi connectivity index (χ1v) is 10.7. The van der Waals surface area contributed by atoms with E-state index in [1.165, 1.54) is 0 Å². The largest absolute Gasteiger partial charge is 0.454 e. The van der Waals surface area contributed by atoms with Crippen LogP contribution in [0.2, 0.25) is 0 Å². The van der Waals surface area contributed by atoms with Gasteiger partial charge in [-0.3, -0.25) is 19.4 Å². The zero-order valence-electron chi connectivity index (χ0n) is 17.5. The molecule has 0 radical (unpaired) electrons. The fourth-order valence-electron chi connectivity index (χ4n) is 4.15. The first-order chi connectivity index (χ1) is 15.0. The average molecular weight is 422 g/mol. The number of fused-ring (bicyclic) bond motifs is 1. The van der Waals surface area contributed by atoms with Crippen molar-refractivity contribution in [2.75, 3.05) is 10.6 Å². The number of aryl methyl sites for hydroxylation is 1. The normalized spacial score (nSPS) is 21.4. The van der Waals surface area contributed by atoms with Gasteiger partial charge in [0.25, 0.3) is 0 Å². The molecule has 1 aliphatic carbocycles. The smallest absolute Gasteiger partial charge is 0.309 e. The van der Waals surface area contributed by atoms with E-state index in [1.807, 2.05) is 0 Å². The van der Waals surface area contributed by atoms with E-state index in [0.717, 1.165) is 29.9 Å². The quantitative estimate of drug-likeness (QED) is 0.543. The summed E-state index contributed by atoms with van der Waals surface area (Å²) in [6.07, 6.45) is 8.18. The second-order valence-electron chi connectivity index (χ2n) is 8.15. The van der Waals surface area contributed by atoms with Gasteiger partial charge in [0.2, 0.25) is 11.7 Å². The maximum Gasteiger partial charge on any atom is 0.309 e. The van der Waals surface area contributed by atoms with Crippen LogP contribution in [0.4, 0.5) is 11.5 Å². The van der Waals surface area contributed by atoms with Crippen LogP contribution in [-0.2, 0) is 20.7 Å². The van der Waals surface area contributed by atoms with E-state index in [4.69, 9.17) is 4.74 Å². The Morgan fingerprint density at radius 2 is 1.97 bits per heavy atom. The van der Waals surface area contributed by atoms with Gasteiger partial charge in [0, 0.05) is 36.1 Å². The molecule has 1 fully saturated rings. The number of Topliss-reactive ketones (excluding diaryl/α,β-unsaturated/α-hetero) is 1. The fraction of sp³-hybridized carbons (Fsp3) is 0.435. The minimum atomic E-state index is -0.848. The van der Waals surface area contributed by atoms with E-state index >= 15 is 0 Å². The topological polar surface area (TPSA) is 110 Å². The zero-order valence-corrected chi connectivity index (χ0v) is 17.5. The van der Waals surface area contributed by atoms with Gasteiger partial charge in [-0.1, -0.05) is 0 Å². The number of aromatic nitrogens is 2. The number of hydrogen-bond acceptors (Lipinski definition) is 7.